The Hall–Kier alpha value is -4.40. The van der Waals surface area contributed by atoms with Crippen LogP contribution in [-0.4, -0.2) is 30.4 Å². The molecule has 38 heavy (non-hydrogen) atoms. The number of hydrogen-bond acceptors (Lipinski definition) is 7. The van der Waals surface area contributed by atoms with Gasteiger partial charge in [-0.3, -0.25) is 9.71 Å². The van der Waals surface area contributed by atoms with Crippen LogP contribution in [0.3, 0.4) is 0 Å². The number of carbonyl (C=O) groups is 1. The Kier molecular flexibility index (Phi) is 8.92. The summed E-state index contributed by atoms with van der Waals surface area (Å²) in [4.78, 5) is 16.5. The molecule has 4 aromatic rings. The average molecular weight is 536 g/mol. The number of carbonyl (C=O) groups excluding carboxylic acids is 1. The molecule has 0 fully saturated rings. The first-order valence-corrected chi connectivity index (χ1v) is 12.7. The van der Waals surface area contributed by atoms with E-state index >= 15 is 0 Å². The maximum Gasteiger partial charge on any atom is 0.323 e. The molecular weight excluding hydrogens is 512 g/mol. The van der Waals surface area contributed by atoms with Crippen LogP contribution < -0.4 is 24.8 Å². The van der Waals surface area contributed by atoms with Crippen molar-refractivity contribution in [3.63, 3.8) is 0 Å². The van der Waals surface area contributed by atoms with Gasteiger partial charge in [-0.1, -0.05) is 11.9 Å². The van der Waals surface area contributed by atoms with Gasteiger partial charge in [-0.05, 0) is 61.2 Å². The standard InChI is InChI=1S/C27H23F2N5O3S/c1-38-32-10-2-12-36-26-15-24-21(13-17(26)16-30)25(9-11-31-24)37-20-7-8-23(22(29)14-20)34-27(35)33-19-5-3-18(28)4-6-19/h3-9,11,13-15,32H,2,10,12H2,1H3,(H2,33,34,35). The summed E-state index contributed by atoms with van der Waals surface area (Å²) in [5.74, 6) is -0.184. The van der Waals surface area contributed by atoms with Crippen LogP contribution in [0.4, 0.5) is 25.0 Å². The number of hydrogen-bond donors (Lipinski definition) is 3. The van der Waals surface area contributed by atoms with Crippen molar-refractivity contribution in [3.8, 4) is 23.3 Å². The molecule has 1 heterocycles. The summed E-state index contributed by atoms with van der Waals surface area (Å²) in [6.07, 6.45) is 4.26. The molecule has 0 aliphatic heterocycles. The lowest BCUT2D eigenvalue weighted by Gasteiger charge is -2.13. The van der Waals surface area contributed by atoms with Crippen molar-refractivity contribution in [1.82, 2.24) is 9.71 Å². The minimum Gasteiger partial charge on any atom is -0.492 e. The molecule has 194 valence electrons. The maximum atomic E-state index is 14.7. The lowest BCUT2D eigenvalue weighted by Crippen LogP contribution is -2.20. The Morgan fingerprint density at radius 3 is 2.61 bits per heavy atom. The van der Waals surface area contributed by atoms with E-state index in [0.29, 0.717) is 40.3 Å². The minimum absolute atomic E-state index is 0.0714. The molecule has 0 aliphatic carbocycles. The molecule has 0 saturated heterocycles. The van der Waals surface area contributed by atoms with Crippen molar-refractivity contribution < 1.29 is 23.0 Å². The highest BCUT2D eigenvalue weighted by molar-refractivity contribution is 7.96. The second-order valence-corrected chi connectivity index (χ2v) is 8.61. The number of nitrogens with zero attached hydrogens (tertiary/aromatic N) is 2. The number of nitriles is 1. The lowest BCUT2D eigenvalue weighted by atomic mass is 10.1. The van der Waals surface area contributed by atoms with E-state index in [1.807, 2.05) is 6.26 Å². The van der Waals surface area contributed by atoms with Crippen molar-refractivity contribution in [2.45, 2.75) is 6.42 Å². The Morgan fingerprint density at radius 1 is 1.05 bits per heavy atom. The number of amides is 2. The van der Waals surface area contributed by atoms with Gasteiger partial charge in [0.05, 0.1) is 23.4 Å². The van der Waals surface area contributed by atoms with Crippen LogP contribution in [0, 0.1) is 23.0 Å². The van der Waals surface area contributed by atoms with Gasteiger partial charge in [0.15, 0.2) is 0 Å². The zero-order valence-electron chi connectivity index (χ0n) is 20.3. The third kappa shape index (κ3) is 6.88. The number of nitrogens with one attached hydrogen (secondary N) is 3. The van der Waals surface area contributed by atoms with E-state index in [9.17, 15) is 18.8 Å². The number of anilines is 2. The Bertz CT molecular complexity index is 1480. The molecule has 0 saturated carbocycles. The van der Waals surface area contributed by atoms with E-state index in [2.05, 4.69) is 26.4 Å². The van der Waals surface area contributed by atoms with Crippen LogP contribution >= 0.6 is 11.9 Å². The third-order valence-corrected chi connectivity index (χ3v) is 5.76. The van der Waals surface area contributed by atoms with E-state index in [4.69, 9.17) is 9.47 Å². The van der Waals surface area contributed by atoms with Crippen LogP contribution in [0.25, 0.3) is 10.9 Å². The predicted molar refractivity (Wildman–Crippen MR) is 144 cm³/mol. The molecule has 11 heteroatoms. The summed E-state index contributed by atoms with van der Waals surface area (Å²) >= 11 is 1.53. The fraction of sp³-hybridized carbons (Fsp3) is 0.148. The first-order chi connectivity index (χ1) is 18.5. The SMILES string of the molecule is CSNCCCOc1cc2nccc(Oc3ccc(NC(=O)Nc4ccc(F)cc4)c(F)c3)c2cc1C#N. The Balaban J connectivity index is 1.47. The number of rotatable bonds is 10. The Morgan fingerprint density at radius 2 is 1.87 bits per heavy atom. The third-order valence-electron chi connectivity index (χ3n) is 5.27. The zero-order valence-corrected chi connectivity index (χ0v) is 21.1. The molecule has 2 amide bonds. The van der Waals surface area contributed by atoms with E-state index < -0.39 is 17.7 Å². The molecule has 0 atom stereocenters. The second kappa shape index (κ2) is 12.7. The van der Waals surface area contributed by atoms with Gasteiger partial charge in [0.2, 0.25) is 0 Å². The molecule has 3 N–H and O–H groups in total. The van der Waals surface area contributed by atoms with Crippen molar-refractivity contribution in [1.29, 1.82) is 5.26 Å². The van der Waals surface area contributed by atoms with Crippen LogP contribution in [0.15, 0.2) is 66.9 Å². The molecule has 3 aromatic carbocycles. The second-order valence-electron chi connectivity index (χ2n) is 7.92. The number of benzene rings is 3. The van der Waals surface area contributed by atoms with Gasteiger partial charge in [0, 0.05) is 35.9 Å². The zero-order chi connectivity index (χ0) is 26.9. The van der Waals surface area contributed by atoms with E-state index in [-0.39, 0.29) is 11.4 Å². The highest BCUT2D eigenvalue weighted by Gasteiger charge is 2.13. The topological polar surface area (TPSA) is 108 Å². The monoisotopic (exact) mass is 535 g/mol. The van der Waals surface area contributed by atoms with Crippen molar-refractivity contribution in [2.75, 3.05) is 30.0 Å². The van der Waals surface area contributed by atoms with Crippen LogP contribution in [0.1, 0.15) is 12.0 Å². The van der Waals surface area contributed by atoms with Gasteiger partial charge >= 0.3 is 6.03 Å². The molecule has 0 aliphatic rings. The molecule has 1 aromatic heterocycles. The average Bonchev–Trinajstić information content (AvgIpc) is 2.91. The number of halogens is 2. The number of aromatic nitrogens is 1. The number of ether oxygens (including phenoxy) is 2. The van der Waals surface area contributed by atoms with Gasteiger partial charge < -0.3 is 20.1 Å². The van der Waals surface area contributed by atoms with Gasteiger partial charge in [0.1, 0.15) is 35.0 Å². The fourth-order valence-electron chi connectivity index (χ4n) is 3.48. The summed E-state index contributed by atoms with van der Waals surface area (Å²) in [5, 5.41) is 15.1. The van der Waals surface area contributed by atoms with Crippen LogP contribution in [-0.2, 0) is 0 Å². The summed E-state index contributed by atoms with van der Waals surface area (Å²) in [5.41, 5.74) is 1.16. The van der Waals surface area contributed by atoms with Crippen LogP contribution in [0.2, 0.25) is 0 Å². The van der Waals surface area contributed by atoms with Gasteiger partial charge in [-0.15, -0.1) is 0 Å². The number of urea groups is 1. The molecule has 0 bridgehead atoms. The van der Waals surface area contributed by atoms with E-state index in [1.54, 1.807) is 24.4 Å². The van der Waals surface area contributed by atoms with Gasteiger partial charge in [-0.2, -0.15) is 5.26 Å². The van der Waals surface area contributed by atoms with E-state index in [1.165, 1.54) is 48.3 Å². The molecule has 0 radical (unpaired) electrons. The lowest BCUT2D eigenvalue weighted by molar-refractivity contribution is 0.262. The first kappa shape index (κ1) is 26.7. The van der Waals surface area contributed by atoms with Crippen molar-refractivity contribution in [3.05, 3.63) is 84.1 Å². The number of pyridine rings is 1. The van der Waals surface area contributed by atoms with Crippen molar-refractivity contribution in [2.24, 2.45) is 0 Å². The molecular formula is C27H23F2N5O3S. The normalized spacial score (nSPS) is 10.6. The fourth-order valence-corrected chi connectivity index (χ4v) is 3.83. The highest BCUT2D eigenvalue weighted by Crippen LogP contribution is 2.34. The summed E-state index contributed by atoms with van der Waals surface area (Å²) in [7, 11) is 0. The van der Waals surface area contributed by atoms with Gasteiger partial charge in [0.25, 0.3) is 0 Å². The van der Waals surface area contributed by atoms with Crippen LogP contribution in [0.5, 0.6) is 17.2 Å². The summed E-state index contributed by atoms with van der Waals surface area (Å²) in [6.45, 7) is 1.21. The maximum absolute atomic E-state index is 14.7. The largest absolute Gasteiger partial charge is 0.492 e. The molecule has 0 unspecified atom stereocenters. The summed E-state index contributed by atoms with van der Waals surface area (Å²) in [6, 6.07) is 15.5. The predicted octanol–water partition coefficient (Wildman–Crippen LogP) is 6.46. The Labute approximate surface area is 222 Å². The summed E-state index contributed by atoms with van der Waals surface area (Å²) < 4.78 is 42.6. The molecule has 8 nitrogen and oxygen atoms in total. The minimum atomic E-state index is -0.723. The van der Waals surface area contributed by atoms with E-state index in [0.717, 1.165) is 19.0 Å². The van der Waals surface area contributed by atoms with Gasteiger partial charge in [-0.25, -0.2) is 13.6 Å². The highest BCUT2D eigenvalue weighted by atomic mass is 32.2. The quantitative estimate of drug-likeness (QED) is 0.158. The molecule has 0 spiro atoms. The van der Waals surface area contributed by atoms with Crippen molar-refractivity contribution >= 4 is 40.3 Å². The number of fused-ring (bicyclic) bond motifs is 1. The molecule has 4 rings (SSSR count). The smallest absolute Gasteiger partial charge is 0.323 e. The first-order valence-electron chi connectivity index (χ1n) is 11.5.